The molecular formula is C7H6BrZn-. The molecule has 9 heavy (non-hydrogen) atoms. The summed E-state index contributed by atoms with van der Waals surface area (Å²) >= 11 is 3.32. The molecule has 0 saturated carbocycles. The van der Waals surface area contributed by atoms with Crippen LogP contribution in [0.25, 0.3) is 0 Å². The van der Waals surface area contributed by atoms with Crippen LogP contribution in [0.3, 0.4) is 0 Å². The monoisotopic (exact) mass is 233 g/mol. The van der Waals surface area contributed by atoms with Crippen molar-refractivity contribution in [2.24, 2.45) is 0 Å². The molecule has 0 spiro atoms. The molecule has 1 rings (SSSR count). The van der Waals surface area contributed by atoms with Gasteiger partial charge in [-0.2, -0.15) is 24.6 Å². The molecule has 0 aliphatic carbocycles. The van der Waals surface area contributed by atoms with Crippen LogP contribution < -0.4 is 0 Å². The second-order valence-corrected chi connectivity index (χ2v) is 2.54. The number of rotatable bonds is 0. The van der Waals surface area contributed by atoms with E-state index in [1.165, 1.54) is 0 Å². The summed E-state index contributed by atoms with van der Waals surface area (Å²) in [6, 6.07) is 7.87. The first kappa shape index (κ1) is 9.19. The fraction of sp³-hybridized carbons (Fsp3) is 0. The van der Waals surface area contributed by atoms with Crippen LogP contribution in [0, 0.1) is 6.92 Å². The van der Waals surface area contributed by atoms with Crippen molar-refractivity contribution in [1.29, 1.82) is 0 Å². The first-order valence-electron chi connectivity index (χ1n) is 2.36. The van der Waals surface area contributed by atoms with Crippen molar-refractivity contribution in [1.82, 2.24) is 0 Å². The Hall–Kier alpha value is 0.193. The predicted molar refractivity (Wildman–Crippen MR) is 38.6 cm³/mol. The second-order valence-electron chi connectivity index (χ2n) is 1.63. The van der Waals surface area contributed by atoms with Crippen LogP contribution in [0.15, 0.2) is 28.7 Å². The maximum atomic E-state index is 3.74. The zero-order valence-corrected chi connectivity index (χ0v) is 9.65. The van der Waals surface area contributed by atoms with Crippen molar-refractivity contribution in [2.45, 2.75) is 0 Å². The van der Waals surface area contributed by atoms with Crippen LogP contribution in [0.5, 0.6) is 0 Å². The van der Waals surface area contributed by atoms with E-state index in [9.17, 15) is 0 Å². The molecule has 0 saturated heterocycles. The van der Waals surface area contributed by atoms with E-state index in [-0.39, 0.29) is 19.5 Å². The Morgan fingerprint density at radius 1 is 1.11 bits per heavy atom. The van der Waals surface area contributed by atoms with E-state index >= 15 is 0 Å². The molecule has 0 nitrogen and oxygen atoms in total. The minimum Gasteiger partial charge on any atom is -0.199 e. The third-order valence-corrected chi connectivity index (χ3v) is 1.44. The number of halogens is 1. The first-order chi connectivity index (χ1) is 3.79. The zero-order chi connectivity index (χ0) is 5.98. The van der Waals surface area contributed by atoms with Gasteiger partial charge in [0.05, 0.1) is 0 Å². The third kappa shape index (κ3) is 3.02. The largest absolute Gasteiger partial charge is 0.199 e. The van der Waals surface area contributed by atoms with Gasteiger partial charge < -0.3 is 0 Å². The van der Waals surface area contributed by atoms with E-state index in [0.717, 1.165) is 10.0 Å². The molecule has 2 heteroatoms. The Bertz CT molecular complexity index is 148. The van der Waals surface area contributed by atoms with Gasteiger partial charge in [0.2, 0.25) is 0 Å². The van der Waals surface area contributed by atoms with Crippen LogP contribution in [-0.4, -0.2) is 0 Å². The van der Waals surface area contributed by atoms with Gasteiger partial charge in [0.25, 0.3) is 0 Å². The van der Waals surface area contributed by atoms with E-state index in [0.29, 0.717) is 0 Å². The molecule has 0 fully saturated rings. The molecule has 0 radical (unpaired) electrons. The summed E-state index contributed by atoms with van der Waals surface area (Å²) in [4.78, 5) is 0. The van der Waals surface area contributed by atoms with Gasteiger partial charge in [0.1, 0.15) is 0 Å². The molecule has 44 valence electrons. The fourth-order valence-corrected chi connectivity index (χ4v) is 0.749. The molecule has 0 aliphatic heterocycles. The molecule has 0 amide bonds. The first-order valence-corrected chi connectivity index (χ1v) is 3.16. The normalized spacial score (nSPS) is 8.11. The van der Waals surface area contributed by atoms with Crippen LogP contribution in [0.1, 0.15) is 5.56 Å². The van der Waals surface area contributed by atoms with Gasteiger partial charge in [-0.05, 0) is 4.47 Å². The minimum absolute atomic E-state index is 0. The van der Waals surface area contributed by atoms with E-state index in [1.54, 1.807) is 0 Å². The van der Waals surface area contributed by atoms with Crippen LogP contribution in [0.4, 0.5) is 0 Å². The Kier molecular flexibility index (Phi) is 4.17. The molecule has 1 aromatic carbocycles. The Morgan fingerprint density at radius 2 is 1.56 bits per heavy atom. The van der Waals surface area contributed by atoms with Crippen molar-refractivity contribution >= 4 is 15.9 Å². The molecule has 0 N–H and O–H groups in total. The van der Waals surface area contributed by atoms with Crippen molar-refractivity contribution in [3.05, 3.63) is 41.2 Å². The van der Waals surface area contributed by atoms with Crippen LogP contribution in [0.2, 0.25) is 0 Å². The summed E-state index contributed by atoms with van der Waals surface area (Å²) in [5.41, 5.74) is 1.05. The van der Waals surface area contributed by atoms with E-state index in [2.05, 4.69) is 22.9 Å². The van der Waals surface area contributed by atoms with Crippen molar-refractivity contribution in [3.8, 4) is 0 Å². The van der Waals surface area contributed by atoms with Gasteiger partial charge in [0, 0.05) is 19.5 Å². The summed E-state index contributed by atoms with van der Waals surface area (Å²) in [5.74, 6) is 0. The maximum Gasteiger partial charge on any atom is 0 e. The van der Waals surface area contributed by atoms with Gasteiger partial charge in [-0.1, -0.05) is 15.9 Å². The smallest absolute Gasteiger partial charge is 0 e. The maximum absolute atomic E-state index is 3.74. The Balaban J connectivity index is 0.000000640. The standard InChI is InChI=1S/C7H6Br.Zn/c1-6-2-4-7(8)5-3-6;/h2-5H,1H2;/q-1;. The van der Waals surface area contributed by atoms with Crippen LogP contribution >= 0.6 is 15.9 Å². The molecule has 0 aromatic heterocycles. The number of hydrogen-bond acceptors (Lipinski definition) is 0. The molecular weight excluding hydrogens is 229 g/mol. The van der Waals surface area contributed by atoms with E-state index in [1.807, 2.05) is 24.3 Å². The second kappa shape index (κ2) is 4.08. The molecule has 0 unspecified atom stereocenters. The summed E-state index contributed by atoms with van der Waals surface area (Å²) in [5, 5.41) is 0. The van der Waals surface area contributed by atoms with Gasteiger partial charge >= 0.3 is 0 Å². The Morgan fingerprint density at radius 3 is 1.89 bits per heavy atom. The predicted octanol–water partition coefficient (Wildman–Crippen LogP) is 2.63. The Labute approximate surface area is 76.5 Å². The molecule has 1 aromatic rings. The summed E-state index contributed by atoms with van der Waals surface area (Å²) in [7, 11) is 0. The molecule has 0 atom stereocenters. The quantitative estimate of drug-likeness (QED) is 0.479. The average Bonchev–Trinajstić information content (AvgIpc) is 1.77. The summed E-state index contributed by atoms with van der Waals surface area (Å²) in [6.45, 7) is 3.74. The summed E-state index contributed by atoms with van der Waals surface area (Å²) in [6.07, 6.45) is 0. The average molecular weight is 235 g/mol. The van der Waals surface area contributed by atoms with Gasteiger partial charge in [-0.15, -0.1) is 12.1 Å². The topological polar surface area (TPSA) is 0 Å². The van der Waals surface area contributed by atoms with E-state index in [4.69, 9.17) is 0 Å². The SMILES string of the molecule is [CH2-]c1ccc(Br)cc1.[Zn]. The summed E-state index contributed by atoms with van der Waals surface area (Å²) < 4.78 is 1.10. The van der Waals surface area contributed by atoms with Gasteiger partial charge in [0.15, 0.2) is 0 Å². The molecule has 0 bridgehead atoms. The third-order valence-electron chi connectivity index (χ3n) is 0.913. The molecule has 0 aliphatic rings. The van der Waals surface area contributed by atoms with Crippen LogP contribution in [-0.2, 0) is 19.5 Å². The number of hydrogen-bond donors (Lipinski definition) is 0. The minimum atomic E-state index is 0. The van der Waals surface area contributed by atoms with Crippen molar-refractivity contribution in [2.75, 3.05) is 0 Å². The fourth-order valence-electron chi connectivity index (χ4n) is 0.484. The van der Waals surface area contributed by atoms with Crippen molar-refractivity contribution < 1.29 is 19.5 Å². The van der Waals surface area contributed by atoms with Gasteiger partial charge in [-0.25, -0.2) is 0 Å². The van der Waals surface area contributed by atoms with Crippen molar-refractivity contribution in [3.63, 3.8) is 0 Å². The van der Waals surface area contributed by atoms with E-state index < -0.39 is 0 Å². The number of benzene rings is 1. The zero-order valence-electron chi connectivity index (χ0n) is 5.10. The molecule has 0 heterocycles. The van der Waals surface area contributed by atoms with Gasteiger partial charge in [-0.3, -0.25) is 0 Å².